The Morgan fingerprint density at radius 2 is 2.06 bits per heavy atom. The molecule has 0 bridgehead atoms. The molecule has 1 aliphatic carbocycles. The zero-order valence-corrected chi connectivity index (χ0v) is 10.4. The number of aromatic nitrogens is 2. The Balaban J connectivity index is 2.46. The van der Waals surface area contributed by atoms with Crippen molar-refractivity contribution in [1.29, 1.82) is 0 Å². The lowest BCUT2D eigenvalue weighted by molar-refractivity contribution is 0.271. The molecule has 0 amide bonds. The molecule has 2 rings (SSSR count). The van der Waals surface area contributed by atoms with Crippen LogP contribution in [0.4, 0.5) is 0 Å². The molecule has 0 radical (unpaired) electrons. The summed E-state index contributed by atoms with van der Waals surface area (Å²) in [7, 11) is 0.981. The van der Waals surface area contributed by atoms with Gasteiger partial charge in [-0.2, -0.15) is 0 Å². The third-order valence-electron chi connectivity index (χ3n) is 2.92. The second-order valence-corrected chi connectivity index (χ2v) is 6.67. The van der Waals surface area contributed by atoms with Crippen LogP contribution in [0.3, 0.4) is 0 Å². The molecule has 1 aliphatic rings. The number of aromatic amines is 1. The molecule has 1 heterocycles. The summed E-state index contributed by atoms with van der Waals surface area (Å²) in [5.74, 6) is 0.365. The normalized spacial score (nSPS) is 16.8. The van der Waals surface area contributed by atoms with Crippen molar-refractivity contribution in [2.45, 2.75) is 30.7 Å². The first-order valence-corrected chi connectivity index (χ1v) is 7.47. The number of rotatable bonds is 3. The van der Waals surface area contributed by atoms with E-state index in [2.05, 4.69) is 0 Å². The zero-order chi connectivity index (χ0) is 12.6. The lowest BCUT2D eigenvalue weighted by Crippen LogP contribution is -2.34. The predicted molar refractivity (Wildman–Crippen MR) is 61.7 cm³/mol. The summed E-state index contributed by atoms with van der Waals surface area (Å²) >= 11 is 0. The Bertz CT molecular complexity index is 642. The summed E-state index contributed by atoms with van der Waals surface area (Å²) < 4.78 is 23.4. The second kappa shape index (κ2) is 4.30. The van der Waals surface area contributed by atoms with Gasteiger partial charge in [-0.3, -0.25) is 14.3 Å². The van der Waals surface area contributed by atoms with E-state index >= 15 is 0 Å². The number of hydrogen-bond acceptors (Lipinski definition) is 4. The molecule has 94 valence electrons. The average Bonchev–Trinajstić information content (AvgIpc) is 2.11. The van der Waals surface area contributed by atoms with E-state index in [-0.39, 0.29) is 0 Å². The Labute approximate surface area is 102 Å². The van der Waals surface area contributed by atoms with E-state index in [1.165, 1.54) is 4.57 Å². The largest absolute Gasteiger partial charge is 0.328 e. The number of halogens is 1. The number of nitrogens with one attached hydrogen (secondary N) is 1. The SMILES string of the molecule is O=c1[nH]c(=O)n(CC2CCC2)cc1S(=O)(=O)Cl. The molecule has 8 heteroatoms. The first-order chi connectivity index (χ1) is 7.88. The van der Waals surface area contributed by atoms with Gasteiger partial charge >= 0.3 is 5.69 Å². The number of hydrogen-bond donors (Lipinski definition) is 1. The molecule has 1 aromatic heterocycles. The van der Waals surface area contributed by atoms with E-state index in [9.17, 15) is 18.0 Å². The van der Waals surface area contributed by atoms with Gasteiger partial charge in [-0.25, -0.2) is 13.2 Å². The lowest BCUT2D eigenvalue weighted by Gasteiger charge is -2.25. The van der Waals surface area contributed by atoms with Gasteiger partial charge in [0.2, 0.25) is 0 Å². The third kappa shape index (κ3) is 2.61. The van der Waals surface area contributed by atoms with Gasteiger partial charge in [-0.1, -0.05) is 6.42 Å². The van der Waals surface area contributed by atoms with E-state index in [1.54, 1.807) is 0 Å². The first kappa shape index (κ1) is 12.4. The Morgan fingerprint density at radius 1 is 1.41 bits per heavy atom. The first-order valence-electron chi connectivity index (χ1n) is 5.16. The highest BCUT2D eigenvalue weighted by Crippen LogP contribution is 2.27. The quantitative estimate of drug-likeness (QED) is 0.804. The molecular weight excluding hydrogens is 268 g/mol. The summed E-state index contributed by atoms with van der Waals surface area (Å²) in [6, 6.07) is 0. The molecule has 17 heavy (non-hydrogen) atoms. The molecule has 1 N–H and O–H groups in total. The summed E-state index contributed by atoms with van der Waals surface area (Å²) in [6.45, 7) is 0.412. The van der Waals surface area contributed by atoms with Crippen molar-refractivity contribution in [2.75, 3.05) is 0 Å². The van der Waals surface area contributed by atoms with E-state index in [1.807, 2.05) is 4.98 Å². The fourth-order valence-electron chi connectivity index (χ4n) is 1.75. The van der Waals surface area contributed by atoms with Gasteiger partial charge in [0.1, 0.15) is 0 Å². The van der Waals surface area contributed by atoms with Crippen LogP contribution in [-0.2, 0) is 15.6 Å². The van der Waals surface area contributed by atoms with Crippen molar-refractivity contribution in [3.05, 3.63) is 27.0 Å². The molecule has 1 aromatic rings. The molecule has 1 saturated carbocycles. The summed E-state index contributed by atoms with van der Waals surface area (Å²) in [4.78, 5) is 24.1. The summed E-state index contributed by atoms with van der Waals surface area (Å²) in [5.41, 5.74) is -1.58. The topological polar surface area (TPSA) is 89.0 Å². The molecule has 0 saturated heterocycles. The maximum Gasteiger partial charge on any atom is 0.328 e. The van der Waals surface area contributed by atoms with Crippen molar-refractivity contribution < 1.29 is 8.42 Å². The fraction of sp³-hybridized carbons (Fsp3) is 0.556. The summed E-state index contributed by atoms with van der Waals surface area (Å²) in [5, 5.41) is 0. The number of nitrogens with zero attached hydrogens (tertiary/aromatic N) is 1. The third-order valence-corrected chi connectivity index (χ3v) is 4.24. The Kier molecular flexibility index (Phi) is 3.13. The van der Waals surface area contributed by atoms with Crippen molar-refractivity contribution in [3.63, 3.8) is 0 Å². The highest BCUT2D eigenvalue weighted by Gasteiger charge is 2.21. The average molecular weight is 279 g/mol. The van der Waals surface area contributed by atoms with Gasteiger partial charge in [0.25, 0.3) is 14.6 Å². The molecule has 0 spiro atoms. The minimum absolute atomic E-state index is 0.365. The van der Waals surface area contributed by atoms with E-state index < -0.39 is 25.2 Å². The summed E-state index contributed by atoms with van der Waals surface area (Å²) in [6.07, 6.45) is 4.15. The zero-order valence-electron chi connectivity index (χ0n) is 8.85. The van der Waals surface area contributed by atoms with Crippen LogP contribution in [-0.4, -0.2) is 18.0 Å². The van der Waals surface area contributed by atoms with Crippen molar-refractivity contribution in [2.24, 2.45) is 5.92 Å². The van der Waals surface area contributed by atoms with Crippen LogP contribution in [0.1, 0.15) is 19.3 Å². The van der Waals surface area contributed by atoms with Crippen molar-refractivity contribution in [3.8, 4) is 0 Å². The van der Waals surface area contributed by atoms with E-state index in [4.69, 9.17) is 10.7 Å². The van der Waals surface area contributed by atoms with Crippen molar-refractivity contribution in [1.82, 2.24) is 9.55 Å². The lowest BCUT2D eigenvalue weighted by atomic mass is 9.85. The van der Waals surface area contributed by atoms with Crippen molar-refractivity contribution >= 4 is 19.7 Å². The fourth-order valence-corrected chi connectivity index (χ4v) is 2.61. The minimum atomic E-state index is -4.13. The number of H-pyrrole nitrogens is 1. The standard InChI is InChI=1S/C9H11ClN2O4S/c10-17(15,16)7-5-12(4-6-2-1-3-6)9(14)11-8(7)13/h5-6H,1-4H2,(H,11,13,14). The van der Waals surface area contributed by atoms with Crippen LogP contribution >= 0.6 is 10.7 Å². The molecule has 0 unspecified atom stereocenters. The van der Waals surface area contributed by atoms with Gasteiger partial charge in [-0.05, 0) is 18.8 Å². The molecule has 0 atom stereocenters. The van der Waals surface area contributed by atoms with Crippen LogP contribution in [0.2, 0.25) is 0 Å². The maximum atomic E-state index is 11.5. The highest BCUT2D eigenvalue weighted by atomic mass is 35.7. The monoisotopic (exact) mass is 278 g/mol. The Morgan fingerprint density at radius 3 is 2.53 bits per heavy atom. The Hall–Kier alpha value is -1.08. The highest BCUT2D eigenvalue weighted by molar-refractivity contribution is 8.13. The van der Waals surface area contributed by atoms with Crippen LogP contribution in [0, 0.1) is 5.92 Å². The smallest absolute Gasteiger partial charge is 0.299 e. The minimum Gasteiger partial charge on any atom is -0.299 e. The van der Waals surface area contributed by atoms with Crippen LogP contribution in [0.5, 0.6) is 0 Å². The van der Waals surface area contributed by atoms with E-state index in [0.717, 1.165) is 25.5 Å². The van der Waals surface area contributed by atoms with Gasteiger partial charge in [0.05, 0.1) is 0 Å². The maximum absolute atomic E-state index is 11.5. The van der Waals surface area contributed by atoms with E-state index in [0.29, 0.717) is 12.5 Å². The van der Waals surface area contributed by atoms with Crippen LogP contribution in [0.15, 0.2) is 20.7 Å². The van der Waals surface area contributed by atoms with Crippen LogP contribution < -0.4 is 11.2 Å². The predicted octanol–water partition coefficient (Wildman–Crippen LogP) is 0.264. The van der Waals surface area contributed by atoms with Gasteiger partial charge in [0.15, 0.2) is 4.90 Å². The van der Waals surface area contributed by atoms with Gasteiger partial charge in [0, 0.05) is 23.4 Å². The van der Waals surface area contributed by atoms with Crippen LogP contribution in [0.25, 0.3) is 0 Å². The molecule has 6 nitrogen and oxygen atoms in total. The van der Waals surface area contributed by atoms with Gasteiger partial charge < -0.3 is 0 Å². The second-order valence-electron chi connectivity index (χ2n) is 4.14. The molecule has 0 aromatic carbocycles. The molecule has 0 aliphatic heterocycles. The van der Waals surface area contributed by atoms with Gasteiger partial charge in [-0.15, -0.1) is 0 Å². The molecule has 1 fully saturated rings. The molecular formula is C9H11ClN2O4S.